The molecule has 0 saturated heterocycles. The Labute approximate surface area is 99.6 Å². The second-order valence-corrected chi connectivity index (χ2v) is 9.82. The highest BCUT2D eigenvalue weighted by atomic mass is 28.3. The predicted octanol–water partition coefficient (Wildman–Crippen LogP) is 3.89. The molecule has 0 aromatic heterocycles. The van der Waals surface area contributed by atoms with Gasteiger partial charge in [-0.2, -0.15) is 0 Å². The number of aryl methyl sites for hydroxylation is 2. The van der Waals surface area contributed by atoms with Crippen molar-refractivity contribution in [2.24, 2.45) is 4.99 Å². The third-order valence-corrected chi connectivity index (χ3v) is 2.97. The van der Waals surface area contributed by atoms with Gasteiger partial charge in [0.15, 0.2) is 0 Å². The Balaban J connectivity index is 2.84. The fourth-order valence-electron chi connectivity index (χ4n) is 1.21. The summed E-state index contributed by atoms with van der Waals surface area (Å²) in [5, 5.41) is 0. The molecule has 1 aromatic rings. The Bertz CT molecular complexity index is 456. The molecular weight excluding hydrogens is 210 g/mol. The summed E-state index contributed by atoms with van der Waals surface area (Å²) < 4.78 is 0. The van der Waals surface area contributed by atoms with Gasteiger partial charge in [0, 0.05) is 0 Å². The lowest BCUT2D eigenvalue weighted by Crippen LogP contribution is -2.16. The second kappa shape index (κ2) is 5.13. The summed E-state index contributed by atoms with van der Waals surface area (Å²) in [6, 6.07) is 6.28. The number of hydrogen-bond donors (Lipinski definition) is 0. The molecule has 0 aliphatic carbocycles. The minimum atomic E-state index is -1.27. The van der Waals surface area contributed by atoms with E-state index in [4.69, 9.17) is 0 Å². The van der Waals surface area contributed by atoms with E-state index in [0.717, 1.165) is 5.69 Å². The first-order valence-electron chi connectivity index (χ1n) is 5.51. The van der Waals surface area contributed by atoms with Gasteiger partial charge in [-0.1, -0.05) is 37.7 Å². The van der Waals surface area contributed by atoms with Crippen LogP contribution in [0.4, 0.5) is 5.69 Å². The van der Waals surface area contributed by atoms with E-state index in [1.54, 1.807) is 6.21 Å². The lowest BCUT2D eigenvalue weighted by Gasteiger charge is -2.02. The van der Waals surface area contributed by atoms with Gasteiger partial charge in [-0.3, -0.25) is 0 Å². The molecule has 0 amide bonds. The smallest absolute Gasteiger partial charge is 0.129 e. The number of aliphatic imine (C=N–C) groups is 1. The fraction of sp³-hybridized carbons (Fsp3) is 0.357. The van der Waals surface area contributed by atoms with Crippen LogP contribution in [-0.2, 0) is 0 Å². The van der Waals surface area contributed by atoms with Crippen molar-refractivity contribution < 1.29 is 0 Å². The van der Waals surface area contributed by atoms with Crippen molar-refractivity contribution in [3.63, 3.8) is 0 Å². The van der Waals surface area contributed by atoms with Crippen LogP contribution in [0.1, 0.15) is 11.1 Å². The van der Waals surface area contributed by atoms with E-state index in [9.17, 15) is 0 Å². The summed E-state index contributed by atoms with van der Waals surface area (Å²) in [6.07, 6.45) is 1.72. The molecule has 2 heteroatoms. The van der Waals surface area contributed by atoms with Crippen molar-refractivity contribution in [3.05, 3.63) is 29.3 Å². The summed E-state index contributed by atoms with van der Waals surface area (Å²) in [7, 11) is -1.27. The summed E-state index contributed by atoms with van der Waals surface area (Å²) in [4.78, 5) is 4.39. The molecule has 84 valence electrons. The predicted molar refractivity (Wildman–Crippen MR) is 75.2 cm³/mol. The zero-order valence-corrected chi connectivity index (χ0v) is 11.8. The lowest BCUT2D eigenvalue weighted by atomic mass is 10.1. The first-order chi connectivity index (χ1) is 7.38. The van der Waals surface area contributed by atoms with Crippen molar-refractivity contribution >= 4 is 20.0 Å². The number of rotatable bonds is 1. The SMILES string of the molecule is Cc1ccc(C)c(N=CC#C[Si](C)(C)C)c1. The molecule has 1 rings (SSSR count). The molecule has 0 N–H and O–H groups in total. The van der Waals surface area contributed by atoms with Crippen LogP contribution < -0.4 is 0 Å². The van der Waals surface area contributed by atoms with E-state index >= 15 is 0 Å². The van der Waals surface area contributed by atoms with Crippen molar-refractivity contribution in [3.8, 4) is 11.5 Å². The third kappa shape index (κ3) is 4.46. The van der Waals surface area contributed by atoms with Gasteiger partial charge >= 0.3 is 0 Å². The largest absolute Gasteiger partial charge is 0.248 e. The second-order valence-electron chi connectivity index (χ2n) is 5.07. The van der Waals surface area contributed by atoms with Crippen molar-refractivity contribution in [1.29, 1.82) is 0 Å². The lowest BCUT2D eigenvalue weighted by molar-refractivity contribution is 1.36. The molecule has 0 radical (unpaired) electrons. The standard InChI is InChI=1S/C14H19NSi/c1-12-7-8-13(2)14(11-12)15-9-6-10-16(3,4)5/h7-9,11H,1-5H3. The highest BCUT2D eigenvalue weighted by Crippen LogP contribution is 2.18. The quantitative estimate of drug-likeness (QED) is 0.393. The molecular formula is C14H19NSi. The highest BCUT2D eigenvalue weighted by Gasteiger charge is 2.06. The number of nitrogens with zero attached hydrogens (tertiary/aromatic N) is 1. The van der Waals surface area contributed by atoms with Crippen molar-refractivity contribution in [2.75, 3.05) is 0 Å². The summed E-state index contributed by atoms with van der Waals surface area (Å²) in [5.41, 5.74) is 6.71. The van der Waals surface area contributed by atoms with E-state index in [1.807, 2.05) is 0 Å². The van der Waals surface area contributed by atoms with E-state index in [1.165, 1.54) is 11.1 Å². The minimum absolute atomic E-state index is 1.02. The van der Waals surface area contributed by atoms with Crippen LogP contribution in [0, 0.1) is 25.3 Å². The average Bonchev–Trinajstić information content (AvgIpc) is 2.16. The van der Waals surface area contributed by atoms with E-state index in [2.05, 4.69) is 68.1 Å². The van der Waals surface area contributed by atoms with E-state index < -0.39 is 8.07 Å². The summed E-state index contributed by atoms with van der Waals surface area (Å²) >= 11 is 0. The molecule has 0 atom stereocenters. The van der Waals surface area contributed by atoms with E-state index in [-0.39, 0.29) is 0 Å². The van der Waals surface area contributed by atoms with Crippen LogP contribution in [-0.4, -0.2) is 14.3 Å². The fourth-order valence-corrected chi connectivity index (χ4v) is 1.71. The number of hydrogen-bond acceptors (Lipinski definition) is 1. The van der Waals surface area contributed by atoms with Crippen LogP contribution in [0.5, 0.6) is 0 Å². The molecule has 1 aromatic carbocycles. The normalized spacial score (nSPS) is 11.3. The van der Waals surface area contributed by atoms with Crippen LogP contribution in [0.25, 0.3) is 0 Å². The molecule has 16 heavy (non-hydrogen) atoms. The first kappa shape index (κ1) is 12.7. The van der Waals surface area contributed by atoms with Gasteiger partial charge in [-0.05, 0) is 31.0 Å². The van der Waals surface area contributed by atoms with Gasteiger partial charge in [-0.25, -0.2) is 4.99 Å². The van der Waals surface area contributed by atoms with Gasteiger partial charge in [-0.15, -0.1) is 5.54 Å². The van der Waals surface area contributed by atoms with Crippen LogP contribution >= 0.6 is 0 Å². The highest BCUT2D eigenvalue weighted by molar-refractivity contribution is 6.84. The zero-order chi connectivity index (χ0) is 12.2. The van der Waals surface area contributed by atoms with Gasteiger partial charge in [0.05, 0.1) is 11.9 Å². The Morgan fingerprint density at radius 2 is 1.88 bits per heavy atom. The number of benzene rings is 1. The molecule has 0 bridgehead atoms. The van der Waals surface area contributed by atoms with Crippen LogP contribution in [0.2, 0.25) is 19.6 Å². The molecule has 0 aliphatic heterocycles. The van der Waals surface area contributed by atoms with Gasteiger partial charge in [0.1, 0.15) is 8.07 Å². The van der Waals surface area contributed by atoms with Gasteiger partial charge < -0.3 is 0 Å². The molecule has 0 aliphatic rings. The molecule has 1 nitrogen and oxygen atoms in total. The van der Waals surface area contributed by atoms with Crippen molar-refractivity contribution in [1.82, 2.24) is 0 Å². The maximum absolute atomic E-state index is 4.39. The molecule has 0 spiro atoms. The molecule has 0 unspecified atom stereocenters. The summed E-state index contributed by atoms with van der Waals surface area (Å²) in [5.74, 6) is 3.04. The van der Waals surface area contributed by atoms with Gasteiger partial charge in [0.25, 0.3) is 0 Å². The van der Waals surface area contributed by atoms with Crippen molar-refractivity contribution in [2.45, 2.75) is 33.5 Å². The molecule has 0 fully saturated rings. The minimum Gasteiger partial charge on any atom is -0.248 e. The Morgan fingerprint density at radius 1 is 1.19 bits per heavy atom. The average molecular weight is 229 g/mol. The molecule has 0 heterocycles. The van der Waals surface area contributed by atoms with Crippen LogP contribution in [0.15, 0.2) is 23.2 Å². The zero-order valence-electron chi connectivity index (χ0n) is 10.8. The molecule has 0 saturated carbocycles. The third-order valence-electron chi connectivity index (χ3n) is 2.08. The van der Waals surface area contributed by atoms with Gasteiger partial charge in [0.2, 0.25) is 0 Å². The maximum atomic E-state index is 4.39. The monoisotopic (exact) mass is 229 g/mol. The Morgan fingerprint density at radius 3 is 2.50 bits per heavy atom. The maximum Gasteiger partial charge on any atom is 0.129 e. The van der Waals surface area contributed by atoms with E-state index in [0.29, 0.717) is 0 Å². The van der Waals surface area contributed by atoms with Crippen LogP contribution in [0.3, 0.4) is 0 Å². The summed E-state index contributed by atoms with van der Waals surface area (Å²) in [6.45, 7) is 10.8. The first-order valence-corrected chi connectivity index (χ1v) is 9.01. The topological polar surface area (TPSA) is 12.4 Å². The Kier molecular flexibility index (Phi) is 4.09. The Hall–Kier alpha value is -1.33.